The minimum atomic E-state index is -3.24. The molecule has 0 radical (unpaired) electrons. The average Bonchev–Trinajstić information content (AvgIpc) is 2.87. The van der Waals surface area contributed by atoms with Gasteiger partial charge in [-0.15, -0.1) is 11.3 Å². The zero-order valence-electron chi connectivity index (χ0n) is 14.6. The van der Waals surface area contributed by atoms with E-state index in [0.717, 1.165) is 27.3 Å². The average molecular weight is 400 g/mol. The Bertz CT molecular complexity index is 849. The van der Waals surface area contributed by atoms with E-state index in [0.29, 0.717) is 10.8 Å². The summed E-state index contributed by atoms with van der Waals surface area (Å²) in [7, 11) is -3.24. The van der Waals surface area contributed by atoms with Crippen molar-refractivity contribution in [3.63, 3.8) is 0 Å². The Morgan fingerprint density at radius 3 is 2.36 bits per heavy atom. The molecular weight excluding hydrogens is 378 g/mol. The quantitative estimate of drug-likeness (QED) is 0.736. The van der Waals surface area contributed by atoms with Gasteiger partial charge in [-0.1, -0.05) is 29.3 Å². The van der Waals surface area contributed by atoms with Gasteiger partial charge >= 0.3 is 0 Å². The first-order valence-electron chi connectivity index (χ1n) is 7.98. The summed E-state index contributed by atoms with van der Waals surface area (Å²) in [5.41, 5.74) is 3.97. The van der Waals surface area contributed by atoms with E-state index >= 15 is 0 Å². The van der Waals surface area contributed by atoms with Gasteiger partial charge in [-0.3, -0.25) is 4.79 Å². The van der Waals surface area contributed by atoms with E-state index in [1.54, 1.807) is 12.1 Å². The van der Waals surface area contributed by atoms with Gasteiger partial charge < -0.3 is 5.32 Å². The summed E-state index contributed by atoms with van der Waals surface area (Å²) < 4.78 is 24.8. The van der Waals surface area contributed by atoms with E-state index in [2.05, 4.69) is 5.32 Å². The fourth-order valence-electron chi connectivity index (χ4n) is 2.75. The lowest BCUT2D eigenvalue weighted by Crippen LogP contribution is -2.16. The molecule has 0 saturated heterocycles. The van der Waals surface area contributed by atoms with Crippen molar-refractivity contribution in [1.29, 1.82) is 0 Å². The van der Waals surface area contributed by atoms with E-state index in [9.17, 15) is 13.2 Å². The van der Waals surface area contributed by atoms with Gasteiger partial charge in [-0.25, -0.2) is 8.42 Å². The highest BCUT2D eigenvalue weighted by Crippen LogP contribution is 2.24. The molecule has 0 aliphatic rings. The number of rotatable bonds is 7. The zero-order valence-corrected chi connectivity index (χ0v) is 16.9. The van der Waals surface area contributed by atoms with Crippen LogP contribution in [0.1, 0.15) is 34.4 Å². The molecule has 2 rings (SSSR count). The highest BCUT2D eigenvalue weighted by Gasteiger charge is 2.15. The zero-order chi connectivity index (χ0) is 18.6. The van der Waals surface area contributed by atoms with E-state index in [4.69, 9.17) is 11.6 Å². The van der Waals surface area contributed by atoms with Gasteiger partial charge in [-0.2, -0.15) is 0 Å². The lowest BCUT2D eigenvalue weighted by molar-refractivity contribution is -0.116. The standard InChI is InChI=1S/C18H22ClNO3S2/c1-12-9-13(2)18(14(3)10-12)20-17(21)5-4-8-25(22,23)11-15-6-7-16(19)24-15/h6-7,9-10H,4-5,8,11H2,1-3H3,(H,20,21). The number of carbonyl (C=O) groups is 1. The highest BCUT2D eigenvalue weighted by atomic mass is 35.5. The first-order valence-corrected chi connectivity index (χ1v) is 11.0. The maximum Gasteiger partial charge on any atom is 0.224 e. The Kier molecular flexibility index (Phi) is 6.65. The molecule has 0 saturated carbocycles. The molecule has 0 atom stereocenters. The summed E-state index contributed by atoms with van der Waals surface area (Å²) in [6.07, 6.45) is 0.481. The maximum absolute atomic E-state index is 12.1. The van der Waals surface area contributed by atoms with Crippen LogP contribution in [0.15, 0.2) is 24.3 Å². The summed E-state index contributed by atoms with van der Waals surface area (Å²) in [6, 6.07) is 7.44. The molecule has 0 unspecified atom stereocenters. The van der Waals surface area contributed by atoms with Crippen molar-refractivity contribution in [1.82, 2.24) is 0 Å². The fourth-order valence-corrected chi connectivity index (χ4v) is 5.67. The van der Waals surface area contributed by atoms with Crippen LogP contribution >= 0.6 is 22.9 Å². The van der Waals surface area contributed by atoms with Crippen molar-refractivity contribution >= 4 is 44.4 Å². The van der Waals surface area contributed by atoms with Crippen LogP contribution in [-0.4, -0.2) is 20.1 Å². The van der Waals surface area contributed by atoms with Gasteiger partial charge in [0.1, 0.15) is 0 Å². The monoisotopic (exact) mass is 399 g/mol. The second kappa shape index (κ2) is 8.34. The molecule has 1 amide bonds. The van der Waals surface area contributed by atoms with E-state index in [1.165, 1.54) is 11.3 Å². The highest BCUT2D eigenvalue weighted by molar-refractivity contribution is 7.90. The van der Waals surface area contributed by atoms with Gasteiger partial charge in [0.05, 0.1) is 15.8 Å². The van der Waals surface area contributed by atoms with Gasteiger partial charge in [0.2, 0.25) is 5.91 Å². The second-order valence-corrected chi connectivity index (χ2v) is 10.2. The van der Waals surface area contributed by atoms with Crippen LogP contribution in [0.5, 0.6) is 0 Å². The Labute approximate surface area is 158 Å². The van der Waals surface area contributed by atoms with Gasteiger partial charge in [0.15, 0.2) is 9.84 Å². The molecule has 0 aliphatic carbocycles. The molecule has 0 aliphatic heterocycles. The number of sulfone groups is 1. The lowest BCUT2D eigenvalue weighted by atomic mass is 10.0. The van der Waals surface area contributed by atoms with E-state index in [-0.39, 0.29) is 23.8 Å². The van der Waals surface area contributed by atoms with Gasteiger partial charge in [0.25, 0.3) is 0 Å². The molecule has 7 heteroatoms. The first-order chi connectivity index (χ1) is 11.7. The van der Waals surface area contributed by atoms with Crippen LogP contribution in [0.2, 0.25) is 4.34 Å². The van der Waals surface area contributed by atoms with Crippen LogP contribution in [0.3, 0.4) is 0 Å². The molecule has 1 aromatic heterocycles. The number of carbonyl (C=O) groups excluding carboxylic acids is 1. The number of nitrogens with one attached hydrogen (secondary N) is 1. The summed E-state index contributed by atoms with van der Waals surface area (Å²) >= 11 is 7.09. The van der Waals surface area contributed by atoms with E-state index in [1.807, 2.05) is 32.9 Å². The minimum Gasteiger partial charge on any atom is -0.326 e. The fraction of sp³-hybridized carbons (Fsp3) is 0.389. The Morgan fingerprint density at radius 2 is 1.80 bits per heavy atom. The minimum absolute atomic E-state index is 0.0121. The molecule has 0 spiro atoms. The number of anilines is 1. The van der Waals surface area contributed by atoms with E-state index < -0.39 is 9.84 Å². The van der Waals surface area contributed by atoms with Crippen molar-refractivity contribution in [2.45, 2.75) is 39.4 Å². The van der Waals surface area contributed by atoms with Crippen molar-refractivity contribution in [2.24, 2.45) is 0 Å². The third kappa shape index (κ3) is 6.13. The molecule has 136 valence electrons. The van der Waals surface area contributed by atoms with Crippen LogP contribution in [0.4, 0.5) is 5.69 Å². The Hall–Kier alpha value is -1.37. The lowest BCUT2D eigenvalue weighted by Gasteiger charge is -2.12. The first kappa shape index (κ1) is 19.9. The number of hydrogen-bond acceptors (Lipinski definition) is 4. The topological polar surface area (TPSA) is 63.2 Å². The van der Waals surface area contributed by atoms with Crippen molar-refractivity contribution < 1.29 is 13.2 Å². The number of thiophene rings is 1. The van der Waals surface area contributed by atoms with Gasteiger partial charge in [-0.05, 0) is 50.5 Å². The number of hydrogen-bond donors (Lipinski definition) is 1. The number of halogens is 1. The Morgan fingerprint density at radius 1 is 1.16 bits per heavy atom. The van der Waals surface area contributed by atoms with Crippen molar-refractivity contribution in [3.05, 3.63) is 50.2 Å². The third-order valence-electron chi connectivity index (χ3n) is 3.79. The second-order valence-electron chi connectivity index (χ2n) is 6.22. The van der Waals surface area contributed by atoms with Crippen LogP contribution in [0, 0.1) is 20.8 Å². The molecule has 0 bridgehead atoms. The molecular formula is C18H22ClNO3S2. The maximum atomic E-state index is 12.1. The number of benzene rings is 1. The molecule has 1 N–H and O–H groups in total. The molecule has 25 heavy (non-hydrogen) atoms. The van der Waals surface area contributed by atoms with Crippen LogP contribution < -0.4 is 5.32 Å². The molecule has 2 aromatic rings. The molecule has 4 nitrogen and oxygen atoms in total. The largest absolute Gasteiger partial charge is 0.326 e. The van der Waals surface area contributed by atoms with Gasteiger partial charge in [0, 0.05) is 17.0 Å². The molecule has 0 fully saturated rings. The normalized spacial score (nSPS) is 11.5. The van der Waals surface area contributed by atoms with Crippen molar-refractivity contribution in [2.75, 3.05) is 11.1 Å². The summed E-state index contributed by atoms with van der Waals surface area (Å²) in [5.74, 6) is -0.200. The molecule has 1 aromatic carbocycles. The number of aryl methyl sites for hydroxylation is 3. The summed E-state index contributed by atoms with van der Waals surface area (Å²) in [6.45, 7) is 5.91. The smallest absolute Gasteiger partial charge is 0.224 e. The Balaban J connectivity index is 1.86. The van der Waals surface area contributed by atoms with Crippen LogP contribution in [-0.2, 0) is 20.4 Å². The third-order valence-corrected chi connectivity index (χ3v) is 6.87. The summed E-state index contributed by atoms with van der Waals surface area (Å²) in [5, 5.41) is 2.90. The predicted molar refractivity (Wildman–Crippen MR) is 105 cm³/mol. The SMILES string of the molecule is Cc1cc(C)c(NC(=O)CCCS(=O)(=O)Cc2ccc(Cl)s2)c(C)c1. The predicted octanol–water partition coefficient (Wildman–Crippen LogP) is 4.66. The number of amides is 1. The van der Waals surface area contributed by atoms with Crippen LogP contribution in [0.25, 0.3) is 0 Å². The van der Waals surface area contributed by atoms with Crippen molar-refractivity contribution in [3.8, 4) is 0 Å². The summed E-state index contributed by atoms with van der Waals surface area (Å²) in [4.78, 5) is 12.9. The molecule has 1 heterocycles.